The minimum Gasteiger partial charge on any atom is -0.481 e. The highest BCUT2D eigenvalue weighted by atomic mass is 16.4. The van der Waals surface area contributed by atoms with Crippen molar-refractivity contribution in [2.45, 2.75) is 18.9 Å². The molecule has 1 atom stereocenters. The van der Waals surface area contributed by atoms with Gasteiger partial charge in [-0.1, -0.05) is 6.07 Å². The zero-order chi connectivity index (χ0) is 11.8. The largest absolute Gasteiger partial charge is 0.481 e. The number of nitrogens with zero attached hydrogens (tertiary/aromatic N) is 2. The molecule has 1 heterocycles. The zero-order valence-corrected chi connectivity index (χ0v) is 9.55. The van der Waals surface area contributed by atoms with Crippen LogP contribution in [0.5, 0.6) is 0 Å². The molecule has 4 nitrogen and oxygen atoms in total. The molecule has 1 aliphatic rings. The van der Waals surface area contributed by atoms with Crippen molar-refractivity contribution in [3.63, 3.8) is 0 Å². The van der Waals surface area contributed by atoms with Gasteiger partial charge in [-0.15, -0.1) is 0 Å². The predicted molar refractivity (Wildman–Crippen MR) is 60.0 cm³/mol. The van der Waals surface area contributed by atoms with E-state index in [0.717, 1.165) is 18.4 Å². The van der Waals surface area contributed by atoms with E-state index in [1.807, 2.05) is 31.1 Å². The molecule has 1 unspecified atom stereocenters. The first kappa shape index (κ1) is 11.1. The molecule has 0 radical (unpaired) electrons. The van der Waals surface area contributed by atoms with E-state index < -0.39 is 11.4 Å². The molecule has 1 aliphatic carbocycles. The minimum atomic E-state index is -0.699. The molecule has 0 amide bonds. The van der Waals surface area contributed by atoms with Gasteiger partial charge in [0, 0.05) is 12.4 Å². The summed E-state index contributed by atoms with van der Waals surface area (Å²) in [4.78, 5) is 17.4. The number of aliphatic carboxylic acids is 1. The van der Waals surface area contributed by atoms with Crippen molar-refractivity contribution in [1.82, 2.24) is 9.88 Å². The third-order valence-corrected chi connectivity index (χ3v) is 3.25. The Morgan fingerprint density at radius 1 is 1.56 bits per heavy atom. The normalized spacial score (nSPS) is 19.4. The third kappa shape index (κ3) is 1.69. The molecule has 0 saturated heterocycles. The van der Waals surface area contributed by atoms with E-state index in [2.05, 4.69) is 4.98 Å². The molecular weight excluding hydrogens is 204 g/mol. The summed E-state index contributed by atoms with van der Waals surface area (Å²) in [5.41, 5.74) is 0.374. The second-order valence-corrected chi connectivity index (χ2v) is 4.61. The lowest BCUT2D eigenvalue weighted by Crippen LogP contribution is -2.33. The highest BCUT2D eigenvalue weighted by Crippen LogP contribution is 2.56. The van der Waals surface area contributed by atoms with Gasteiger partial charge in [-0.25, -0.2) is 0 Å². The lowest BCUT2D eigenvalue weighted by Gasteiger charge is -2.30. The Kier molecular flexibility index (Phi) is 2.68. The highest BCUT2D eigenvalue weighted by molar-refractivity contribution is 5.79. The first-order chi connectivity index (χ1) is 7.58. The Labute approximate surface area is 94.9 Å². The molecule has 1 saturated carbocycles. The van der Waals surface area contributed by atoms with Crippen LogP contribution >= 0.6 is 0 Å². The van der Waals surface area contributed by atoms with Gasteiger partial charge in [-0.2, -0.15) is 0 Å². The fourth-order valence-corrected chi connectivity index (χ4v) is 2.39. The van der Waals surface area contributed by atoms with Gasteiger partial charge < -0.3 is 10.0 Å². The number of aromatic nitrogens is 1. The standard InChI is InChI=1S/C12H16N2O2/c1-14(2)10(9-4-3-7-13-8-9)12(5-6-12)11(15)16/h3-4,7-8,10H,5-6H2,1-2H3,(H,15,16). The number of carboxylic acids is 1. The van der Waals surface area contributed by atoms with Gasteiger partial charge in [0.05, 0.1) is 11.5 Å². The van der Waals surface area contributed by atoms with E-state index in [0.29, 0.717) is 0 Å². The van der Waals surface area contributed by atoms with E-state index in [1.165, 1.54) is 0 Å². The molecule has 1 N–H and O–H groups in total. The smallest absolute Gasteiger partial charge is 0.311 e. The summed E-state index contributed by atoms with van der Waals surface area (Å²) in [5.74, 6) is -0.699. The van der Waals surface area contributed by atoms with Crippen LogP contribution in [-0.4, -0.2) is 35.1 Å². The third-order valence-electron chi connectivity index (χ3n) is 3.25. The van der Waals surface area contributed by atoms with Crippen molar-refractivity contribution in [3.05, 3.63) is 30.1 Å². The van der Waals surface area contributed by atoms with Crippen LogP contribution in [-0.2, 0) is 4.79 Å². The van der Waals surface area contributed by atoms with Gasteiger partial charge in [-0.05, 0) is 38.6 Å². The van der Waals surface area contributed by atoms with Crippen LogP contribution in [0.25, 0.3) is 0 Å². The molecule has 0 bridgehead atoms. The van der Waals surface area contributed by atoms with Crippen LogP contribution in [0.3, 0.4) is 0 Å². The number of hydrogen-bond donors (Lipinski definition) is 1. The molecule has 0 aliphatic heterocycles. The highest BCUT2D eigenvalue weighted by Gasteiger charge is 2.57. The van der Waals surface area contributed by atoms with Crippen molar-refractivity contribution in [1.29, 1.82) is 0 Å². The summed E-state index contributed by atoms with van der Waals surface area (Å²) in [6.45, 7) is 0. The van der Waals surface area contributed by atoms with E-state index in [9.17, 15) is 9.90 Å². The number of pyridine rings is 1. The maximum absolute atomic E-state index is 11.4. The first-order valence-electron chi connectivity index (χ1n) is 5.38. The first-order valence-corrected chi connectivity index (χ1v) is 5.38. The quantitative estimate of drug-likeness (QED) is 0.836. The van der Waals surface area contributed by atoms with E-state index in [-0.39, 0.29) is 6.04 Å². The SMILES string of the molecule is CN(C)C(c1cccnc1)C1(C(=O)O)CC1. The van der Waals surface area contributed by atoms with Crippen molar-refractivity contribution in [2.24, 2.45) is 5.41 Å². The van der Waals surface area contributed by atoms with Crippen LogP contribution in [0.4, 0.5) is 0 Å². The summed E-state index contributed by atoms with van der Waals surface area (Å²) in [5, 5.41) is 9.34. The summed E-state index contributed by atoms with van der Waals surface area (Å²) in [7, 11) is 3.83. The van der Waals surface area contributed by atoms with Gasteiger partial charge in [-0.3, -0.25) is 9.78 Å². The fraction of sp³-hybridized carbons (Fsp3) is 0.500. The Bertz CT molecular complexity index is 385. The van der Waals surface area contributed by atoms with Crippen LogP contribution in [0.15, 0.2) is 24.5 Å². The maximum Gasteiger partial charge on any atom is 0.311 e. The van der Waals surface area contributed by atoms with E-state index >= 15 is 0 Å². The monoisotopic (exact) mass is 220 g/mol. The number of hydrogen-bond acceptors (Lipinski definition) is 3. The molecule has 0 aromatic carbocycles. The topological polar surface area (TPSA) is 53.4 Å². The van der Waals surface area contributed by atoms with E-state index in [4.69, 9.17) is 0 Å². The van der Waals surface area contributed by atoms with Gasteiger partial charge in [0.2, 0.25) is 0 Å². The van der Waals surface area contributed by atoms with Gasteiger partial charge in [0.15, 0.2) is 0 Å². The van der Waals surface area contributed by atoms with Crippen LogP contribution in [0.1, 0.15) is 24.4 Å². The second-order valence-electron chi connectivity index (χ2n) is 4.61. The summed E-state index contributed by atoms with van der Waals surface area (Å²) >= 11 is 0. The summed E-state index contributed by atoms with van der Waals surface area (Å²) in [6, 6.07) is 3.71. The zero-order valence-electron chi connectivity index (χ0n) is 9.55. The van der Waals surface area contributed by atoms with Crippen LogP contribution < -0.4 is 0 Å². The van der Waals surface area contributed by atoms with Crippen molar-refractivity contribution in [3.8, 4) is 0 Å². The molecule has 0 spiro atoms. The molecular formula is C12H16N2O2. The molecule has 2 rings (SSSR count). The molecule has 4 heteroatoms. The molecule has 86 valence electrons. The minimum absolute atomic E-state index is 0.0845. The fourth-order valence-electron chi connectivity index (χ4n) is 2.39. The molecule has 1 fully saturated rings. The van der Waals surface area contributed by atoms with Gasteiger partial charge in [0.25, 0.3) is 0 Å². The lowest BCUT2D eigenvalue weighted by molar-refractivity contribution is -0.146. The number of carbonyl (C=O) groups is 1. The van der Waals surface area contributed by atoms with Crippen LogP contribution in [0, 0.1) is 5.41 Å². The van der Waals surface area contributed by atoms with Crippen molar-refractivity contribution >= 4 is 5.97 Å². The van der Waals surface area contributed by atoms with Crippen molar-refractivity contribution in [2.75, 3.05) is 14.1 Å². The number of carboxylic acid groups (broad SMARTS) is 1. The molecule has 1 aromatic heterocycles. The average Bonchev–Trinajstić information content (AvgIpc) is 3.00. The van der Waals surface area contributed by atoms with Gasteiger partial charge >= 0.3 is 5.97 Å². The molecule has 16 heavy (non-hydrogen) atoms. The predicted octanol–water partition coefficient (Wildman–Crippen LogP) is 1.55. The lowest BCUT2D eigenvalue weighted by atomic mass is 9.90. The molecule has 1 aromatic rings. The van der Waals surface area contributed by atoms with Crippen LogP contribution in [0.2, 0.25) is 0 Å². The maximum atomic E-state index is 11.4. The average molecular weight is 220 g/mol. The summed E-state index contributed by atoms with van der Waals surface area (Å²) in [6.07, 6.45) is 4.96. The Balaban J connectivity index is 2.36. The Morgan fingerprint density at radius 3 is 2.62 bits per heavy atom. The van der Waals surface area contributed by atoms with Crippen molar-refractivity contribution < 1.29 is 9.90 Å². The summed E-state index contributed by atoms with van der Waals surface area (Å²) < 4.78 is 0. The Morgan fingerprint density at radius 2 is 2.25 bits per heavy atom. The Hall–Kier alpha value is -1.42. The van der Waals surface area contributed by atoms with E-state index in [1.54, 1.807) is 12.4 Å². The van der Waals surface area contributed by atoms with Gasteiger partial charge in [0.1, 0.15) is 0 Å². The number of rotatable bonds is 4. The second kappa shape index (κ2) is 3.87.